The van der Waals surface area contributed by atoms with Crippen LogP contribution in [0.25, 0.3) is 0 Å². The van der Waals surface area contributed by atoms with Gasteiger partial charge in [-0.05, 0) is 38.4 Å². The molecule has 0 aromatic rings. The molecular weight excluding hydrogens is 188 g/mol. The molecule has 1 saturated heterocycles. The molecule has 0 aliphatic carbocycles. The van der Waals surface area contributed by atoms with E-state index in [9.17, 15) is 0 Å². The fourth-order valence-electron chi connectivity index (χ4n) is 2.38. The lowest BCUT2D eigenvalue weighted by Gasteiger charge is -2.30. The minimum atomic E-state index is 0.535. The summed E-state index contributed by atoms with van der Waals surface area (Å²) in [5, 5.41) is 3.46. The predicted octanol–water partition coefficient (Wildman–Crippen LogP) is 1.20. The number of hydrogen-bond donors (Lipinski definition) is 1. The van der Waals surface area contributed by atoms with Gasteiger partial charge < -0.3 is 10.1 Å². The first-order valence-corrected chi connectivity index (χ1v) is 6.12. The summed E-state index contributed by atoms with van der Waals surface area (Å²) in [6.45, 7) is 12.3. The van der Waals surface area contributed by atoms with Crippen molar-refractivity contribution in [1.82, 2.24) is 10.2 Å². The molecule has 1 rings (SSSR count). The second kappa shape index (κ2) is 6.46. The van der Waals surface area contributed by atoms with Crippen molar-refractivity contribution < 1.29 is 4.74 Å². The Hall–Kier alpha value is -0.120. The summed E-state index contributed by atoms with van der Waals surface area (Å²) in [5.41, 5.74) is 0. The molecule has 3 unspecified atom stereocenters. The molecule has 3 atom stereocenters. The van der Waals surface area contributed by atoms with E-state index in [2.05, 4.69) is 31.0 Å². The lowest BCUT2D eigenvalue weighted by atomic mass is 9.97. The Balaban J connectivity index is 2.38. The summed E-state index contributed by atoms with van der Waals surface area (Å²) >= 11 is 0. The van der Waals surface area contributed by atoms with Gasteiger partial charge >= 0.3 is 0 Å². The molecule has 0 saturated carbocycles. The van der Waals surface area contributed by atoms with E-state index in [1.54, 1.807) is 7.11 Å². The Labute approximate surface area is 94.2 Å². The molecule has 1 heterocycles. The minimum absolute atomic E-state index is 0.535. The average molecular weight is 214 g/mol. The van der Waals surface area contributed by atoms with Crippen LogP contribution in [0.15, 0.2) is 0 Å². The molecule has 1 fully saturated rings. The summed E-state index contributed by atoms with van der Waals surface area (Å²) in [5.74, 6) is 1.62. The Morgan fingerprint density at radius 1 is 1.47 bits per heavy atom. The first kappa shape index (κ1) is 12.9. The van der Waals surface area contributed by atoms with E-state index in [4.69, 9.17) is 4.74 Å². The van der Waals surface area contributed by atoms with Gasteiger partial charge in [-0.1, -0.05) is 13.8 Å². The Morgan fingerprint density at radius 3 is 2.67 bits per heavy atom. The van der Waals surface area contributed by atoms with Gasteiger partial charge in [0.25, 0.3) is 0 Å². The van der Waals surface area contributed by atoms with Crippen molar-refractivity contribution in [3.63, 3.8) is 0 Å². The van der Waals surface area contributed by atoms with Crippen molar-refractivity contribution in [2.24, 2.45) is 11.8 Å². The summed E-state index contributed by atoms with van der Waals surface area (Å²) in [4.78, 5) is 2.53. The summed E-state index contributed by atoms with van der Waals surface area (Å²) in [6, 6.07) is 0.535. The van der Waals surface area contributed by atoms with Crippen LogP contribution in [0, 0.1) is 11.8 Å². The number of hydrogen-bond acceptors (Lipinski definition) is 3. The summed E-state index contributed by atoms with van der Waals surface area (Å²) in [7, 11) is 1.78. The second-order valence-corrected chi connectivity index (χ2v) is 4.79. The van der Waals surface area contributed by atoms with Crippen LogP contribution in [0.3, 0.4) is 0 Å². The highest BCUT2D eigenvalue weighted by molar-refractivity contribution is 4.81. The Kier molecular flexibility index (Phi) is 5.58. The first-order chi connectivity index (χ1) is 7.19. The number of nitrogens with zero attached hydrogens (tertiary/aromatic N) is 1. The van der Waals surface area contributed by atoms with Crippen LogP contribution in [0.1, 0.15) is 20.8 Å². The largest absolute Gasteiger partial charge is 0.383 e. The van der Waals surface area contributed by atoms with Gasteiger partial charge in [-0.25, -0.2) is 0 Å². The molecule has 0 aromatic heterocycles. The predicted molar refractivity (Wildman–Crippen MR) is 64.1 cm³/mol. The van der Waals surface area contributed by atoms with Crippen molar-refractivity contribution in [2.75, 3.05) is 39.9 Å². The van der Waals surface area contributed by atoms with Crippen molar-refractivity contribution in [3.05, 3.63) is 0 Å². The standard InChI is InChI=1S/C12H26N2O/c1-5-14(11(3)9-15-4)8-12-7-13-6-10(12)2/h10-13H,5-9H2,1-4H3. The summed E-state index contributed by atoms with van der Waals surface area (Å²) in [6.07, 6.45) is 0. The normalized spacial score (nSPS) is 28.6. The van der Waals surface area contributed by atoms with E-state index in [0.717, 1.165) is 25.0 Å². The molecule has 0 amide bonds. The molecule has 1 aliphatic heterocycles. The number of ether oxygens (including phenoxy) is 1. The third-order valence-corrected chi connectivity index (χ3v) is 3.58. The van der Waals surface area contributed by atoms with Crippen LogP contribution >= 0.6 is 0 Å². The molecule has 1 aliphatic rings. The van der Waals surface area contributed by atoms with E-state index >= 15 is 0 Å². The molecule has 0 spiro atoms. The fourth-order valence-corrected chi connectivity index (χ4v) is 2.38. The van der Waals surface area contributed by atoms with Crippen LogP contribution < -0.4 is 5.32 Å². The van der Waals surface area contributed by atoms with E-state index in [-0.39, 0.29) is 0 Å². The van der Waals surface area contributed by atoms with Crippen LogP contribution in [0.5, 0.6) is 0 Å². The maximum atomic E-state index is 5.22. The maximum Gasteiger partial charge on any atom is 0.0615 e. The highest BCUT2D eigenvalue weighted by atomic mass is 16.5. The smallest absolute Gasteiger partial charge is 0.0615 e. The monoisotopic (exact) mass is 214 g/mol. The van der Waals surface area contributed by atoms with Crippen LogP contribution in [-0.2, 0) is 4.74 Å². The zero-order chi connectivity index (χ0) is 11.3. The van der Waals surface area contributed by atoms with E-state index < -0.39 is 0 Å². The van der Waals surface area contributed by atoms with Gasteiger partial charge in [0.2, 0.25) is 0 Å². The molecular formula is C12H26N2O. The molecule has 1 N–H and O–H groups in total. The van der Waals surface area contributed by atoms with Gasteiger partial charge in [0.15, 0.2) is 0 Å². The maximum absolute atomic E-state index is 5.22. The first-order valence-electron chi connectivity index (χ1n) is 6.12. The van der Waals surface area contributed by atoms with Crippen molar-refractivity contribution in [2.45, 2.75) is 26.8 Å². The average Bonchev–Trinajstić information content (AvgIpc) is 2.61. The molecule has 0 aromatic carbocycles. The lowest BCUT2D eigenvalue weighted by molar-refractivity contribution is 0.0893. The Bertz CT molecular complexity index is 175. The van der Waals surface area contributed by atoms with Gasteiger partial charge in [0.05, 0.1) is 6.61 Å². The fraction of sp³-hybridized carbons (Fsp3) is 1.00. The number of rotatable bonds is 6. The third-order valence-electron chi connectivity index (χ3n) is 3.58. The molecule has 0 radical (unpaired) electrons. The third kappa shape index (κ3) is 3.74. The number of nitrogens with one attached hydrogen (secondary N) is 1. The molecule has 90 valence electrons. The van der Waals surface area contributed by atoms with E-state index in [1.807, 2.05) is 0 Å². The zero-order valence-electron chi connectivity index (χ0n) is 10.6. The van der Waals surface area contributed by atoms with Gasteiger partial charge in [-0.3, -0.25) is 4.90 Å². The topological polar surface area (TPSA) is 24.5 Å². The van der Waals surface area contributed by atoms with Crippen LogP contribution in [0.2, 0.25) is 0 Å². The van der Waals surface area contributed by atoms with Crippen LogP contribution in [0.4, 0.5) is 0 Å². The quantitative estimate of drug-likeness (QED) is 0.719. The highest BCUT2D eigenvalue weighted by Crippen LogP contribution is 2.18. The molecule has 3 nitrogen and oxygen atoms in total. The second-order valence-electron chi connectivity index (χ2n) is 4.79. The minimum Gasteiger partial charge on any atom is -0.383 e. The van der Waals surface area contributed by atoms with Gasteiger partial charge in [0, 0.05) is 19.7 Å². The van der Waals surface area contributed by atoms with Gasteiger partial charge in [-0.2, -0.15) is 0 Å². The molecule has 3 heteroatoms. The van der Waals surface area contributed by atoms with Gasteiger partial charge in [-0.15, -0.1) is 0 Å². The zero-order valence-corrected chi connectivity index (χ0v) is 10.6. The Morgan fingerprint density at radius 2 is 2.20 bits per heavy atom. The number of likely N-dealkylation sites (N-methyl/N-ethyl adjacent to an activating group) is 1. The molecule has 0 bridgehead atoms. The van der Waals surface area contributed by atoms with E-state index in [1.165, 1.54) is 19.6 Å². The van der Waals surface area contributed by atoms with Crippen molar-refractivity contribution >= 4 is 0 Å². The van der Waals surface area contributed by atoms with Crippen molar-refractivity contribution in [1.29, 1.82) is 0 Å². The van der Waals surface area contributed by atoms with Gasteiger partial charge in [0.1, 0.15) is 0 Å². The molecule has 15 heavy (non-hydrogen) atoms. The highest BCUT2D eigenvalue weighted by Gasteiger charge is 2.26. The summed E-state index contributed by atoms with van der Waals surface area (Å²) < 4.78 is 5.22. The van der Waals surface area contributed by atoms with Crippen molar-refractivity contribution in [3.8, 4) is 0 Å². The SMILES string of the molecule is CCN(CC1CNCC1C)C(C)COC. The lowest BCUT2D eigenvalue weighted by Crippen LogP contribution is -2.40. The van der Waals surface area contributed by atoms with E-state index in [0.29, 0.717) is 6.04 Å². The number of methoxy groups -OCH3 is 1. The van der Waals surface area contributed by atoms with Crippen LogP contribution in [-0.4, -0.2) is 50.8 Å².